The highest BCUT2D eigenvalue weighted by atomic mass is 35.5. The maximum absolute atomic E-state index is 13.1. The largest absolute Gasteiger partial charge is 0.327 e. The number of hydrogen-bond donors (Lipinski definition) is 1. The third-order valence-corrected chi connectivity index (χ3v) is 3.29. The summed E-state index contributed by atoms with van der Waals surface area (Å²) in [6.07, 6.45) is 1.07. The molecule has 0 saturated heterocycles. The molecule has 19 heavy (non-hydrogen) atoms. The molecule has 0 bridgehead atoms. The molecular formula is C15H14ClF2N. The zero-order valence-electron chi connectivity index (χ0n) is 10.2. The van der Waals surface area contributed by atoms with Crippen molar-refractivity contribution < 1.29 is 8.78 Å². The van der Waals surface area contributed by atoms with Crippen LogP contribution in [0.15, 0.2) is 42.5 Å². The van der Waals surface area contributed by atoms with E-state index in [9.17, 15) is 8.78 Å². The highest BCUT2D eigenvalue weighted by molar-refractivity contribution is 6.31. The van der Waals surface area contributed by atoms with Crippen molar-refractivity contribution in [3.8, 4) is 0 Å². The van der Waals surface area contributed by atoms with Crippen LogP contribution in [-0.4, -0.2) is 6.04 Å². The monoisotopic (exact) mass is 281 g/mol. The predicted molar refractivity (Wildman–Crippen MR) is 73.2 cm³/mol. The zero-order valence-corrected chi connectivity index (χ0v) is 11.0. The molecule has 0 radical (unpaired) electrons. The van der Waals surface area contributed by atoms with Gasteiger partial charge in [0.15, 0.2) is 11.6 Å². The first kappa shape index (κ1) is 14.0. The molecule has 0 aromatic heterocycles. The van der Waals surface area contributed by atoms with Gasteiger partial charge in [-0.15, -0.1) is 0 Å². The Hall–Kier alpha value is -1.45. The summed E-state index contributed by atoms with van der Waals surface area (Å²) in [5, 5.41) is 0.670. The molecule has 0 aliphatic rings. The minimum atomic E-state index is -0.845. The second kappa shape index (κ2) is 6.13. The molecule has 0 aliphatic carbocycles. The van der Waals surface area contributed by atoms with Crippen molar-refractivity contribution in [3.05, 3.63) is 70.2 Å². The van der Waals surface area contributed by atoms with Gasteiger partial charge in [0.1, 0.15) is 0 Å². The Labute approximate surface area is 116 Å². The fourth-order valence-electron chi connectivity index (χ4n) is 1.99. The molecule has 1 nitrogen and oxygen atoms in total. The molecule has 2 rings (SSSR count). The molecule has 0 fully saturated rings. The van der Waals surface area contributed by atoms with Crippen molar-refractivity contribution in [2.24, 2.45) is 5.73 Å². The SMILES string of the molecule is NC(Cc1ccc(F)c(F)c1)Cc1ccccc1Cl. The minimum absolute atomic E-state index is 0.190. The van der Waals surface area contributed by atoms with Crippen LogP contribution >= 0.6 is 11.6 Å². The van der Waals surface area contributed by atoms with Gasteiger partial charge in [-0.25, -0.2) is 8.78 Å². The fraction of sp³-hybridized carbons (Fsp3) is 0.200. The summed E-state index contributed by atoms with van der Waals surface area (Å²) in [5.41, 5.74) is 7.66. The molecule has 2 aromatic rings. The normalized spacial score (nSPS) is 12.4. The number of nitrogens with two attached hydrogens (primary N) is 1. The third kappa shape index (κ3) is 3.75. The summed E-state index contributed by atoms with van der Waals surface area (Å²) in [7, 11) is 0. The molecule has 1 atom stereocenters. The molecule has 0 spiro atoms. The maximum Gasteiger partial charge on any atom is 0.159 e. The number of halogens is 3. The van der Waals surface area contributed by atoms with Gasteiger partial charge < -0.3 is 5.73 Å². The minimum Gasteiger partial charge on any atom is -0.327 e. The molecule has 0 amide bonds. The summed E-state index contributed by atoms with van der Waals surface area (Å²) >= 11 is 6.05. The summed E-state index contributed by atoms with van der Waals surface area (Å²) in [4.78, 5) is 0. The highest BCUT2D eigenvalue weighted by Crippen LogP contribution is 2.18. The molecule has 0 saturated carbocycles. The second-order valence-corrected chi connectivity index (χ2v) is 4.92. The number of hydrogen-bond acceptors (Lipinski definition) is 1. The van der Waals surface area contributed by atoms with E-state index >= 15 is 0 Å². The van der Waals surface area contributed by atoms with Gasteiger partial charge in [-0.2, -0.15) is 0 Å². The summed E-state index contributed by atoms with van der Waals surface area (Å²) < 4.78 is 25.9. The van der Waals surface area contributed by atoms with Crippen molar-refractivity contribution in [2.45, 2.75) is 18.9 Å². The topological polar surface area (TPSA) is 26.0 Å². The lowest BCUT2D eigenvalue weighted by Gasteiger charge is -2.13. The Kier molecular flexibility index (Phi) is 4.51. The Bertz CT molecular complexity index is 572. The van der Waals surface area contributed by atoms with E-state index in [1.165, 1.54) is 6.07 Å². The van der Waals surface area contributed by atoms with Gasteiger partial charge in [-0.3, -0.25) is 0 Å². The van der Waals surface area contributed by atoms with Crippen molar-refractivity contribution in [2.75, 3.05) is 0 Å². The number of benzene rings is 2. The summed E-state index contributed by atoms with van der Waals surface area (Å²) in [6, 6.07) is 11.1. The standard InChI is InChI=1S/C15H14ClF2N/c16-13-4-2-1-3-11(13)9-12(19)7-10-5-6-14(17)15(18)8-10/h1-6,8,12H,7,9,19H2. The van der Waals surface area contributed by atoms with E-state index in [2.05, 4.69) is 0 Å². The first-order chi connectivity index (χ1) is 9.06. The lowest BCUT2D eigenvalue weighted by atomic mass is 9.99. The smallest absolute Gasteiger partial charge is 0.159 e. The van der Waals surface area contributed by atoms with E-state index < -0.39 is 11.6 Å². The van der Waals surface area contributed by atoms with Crippen molar-refractivity contribution in [1.29, 1.82) is 0 Å². The van der Waals surface area contributed by atoms with E-state index in [0.29, 0.717) is 23.4 Å². The third-order valence-electron chi connectivity index (χ3n) is 2.92. The lowest BCUT2D eigenvalue weighted by molar-refractivity contribution is 0.506. The maximum atomic E-state index is 13.1. The van der Waals surface area contributed by atoms with Crippen LogP contribution < -0.4 is 5.73 Å². The zero-order chi connectivity index (χ0) is 13.8. The molecule has 100 valence electrons. The first-order valence-electron chi connectivity index (χ1n) is 5.99. The van der Waals surface area contributed by atoms with Gasteiger partial charge in [0.2, 0.25) is 0 Å². The van der Waals surface area contributed by atoms with Crippen LogP contribution in [0.25, 0.3) is 0 Å². The Morgan fingerprint density at radius 3 is 2.42 bits per heavy atom. The van der Waals surface area contributed by atoms with Crippen LogP contribution in [0.3, 0.4) is 0 Å². The fourth-order valence-corrected chi connectivity index (χ4v) is 2.20. The van der Waals surface area contributed by atoms with Crippen LogP contribution in [0.1, 0.15) is 11.1 Å². The lowest BCUT2D eigenvalue weighted by Crippen LogP contribution is -2.25. The van der Waals surface area contributed by atoms with Crippen LogP contribution in [0.2, 0.25) is 5.02 Å². The molecule has 2 N–H and O–H groups in total. The molecular weight excluding hydrogens is 268 g/mol. The van der Waals surface area contributed by atoms with Crippen molar-refractivity contribution in [3.63, 3.8) is 0 Å². The molecule has 0 heterocycles. The van der Waals surface area contributed by atoms with E-state index in [0.717, 1.165) is 11.6 Å². The molecule has 2 aromatic carbocycles. The average Bonchev–Trinajstić information content (AvgIpc) is 2.37. The molecule has 0 aliphatic heterocycles. The average molecular weight is 282 g/mol. The van der Waals surface area contributed by atoms with E-state index in [4.69, 9.17) is 17.3 Å². The van der Waals surface area contributed by atoms with Gasteiger partial charge in [0, 0.05) is 11.1 Å². The predicted octanol–water partition coefficient (Wildman–Crippen LogP) is 3.73. The van der Waals surface area contributed by atoms with Gasteiger partial charge in [-0.1, -0.05) is 35.9 Å². The van der Waals surface area contributed by atoms with Crippen LogP contribution in [-0.2, 0) is 12.8 Å². The van der Waals surface area contributed by atoms with Gasteiger partial charge in [0.25, 0.3) is 0 Å². The van der Waals surface area contributed by atoms with E-state index in [1.807, 2.05) is 18.2 Å². The number of rotatable bonds is 4. The summed E-state index contributed by atoms with van der Waals surface area (Å²) in [6.45, 7) is 0. The quantitative estimate of drug-likeness (QED) is 0.908. The Morgan fingerprint density at radius 1 is 1.00 bits per heavy atom. The Morgan fingerprint density at radius 2 is 1.74 bits per heavy atom. The van der Waals surface area contributed by atoms with E-state index in [-0.39, 0.29) is 6.04 Å². The van der Waals surface area contributed by atoms with Crippen LogP contribution in [0, 0.1) is 11.6 Å². The first-order valence-corrected chi connectivity index (χ1v) is 6.37. The van der Waals surface area contributed by atoms with Crippen molar-refractivity contribution >= 4 is 11.6 Å². The molecule has 1 unspecified atom stereocenters. The Balaban J connectivity index is 2.03. The van der Waals surface area contributed by atoms with E-state index in [1.54, 1.807) is 12.1 Å². The van der Waals surface area contributed by atoms with Gasteiger partial charge in [0.05, 0.1) is 0 Å². The van der Waals surface area contributed by atoms with Crippen LogP contribution in [0.5, 0.6) is 0 Å². The van der Waals surface area contributed by atoms with Gasteiger partial charge in [-0.05, 0) is 42.2 Å². The highest BCUT2D eigenvalue weighted by Gasteiger charge is 2.10. The van der Waals surface area contributed by atoms with Crippen molar-refractivity contribution in [1.82, 2.24) is 0 Å². The summed E-state index contributed by atoms with van der Waals surface area (Å²) in [5.74, 6) is -1.69. The van der Waals surface area contributed by atoms with Gasteiger partial charge >= 0.3 is 0 Å². The van der Waals surface area contributed by atoms with Crippen LogP contribution in [0.4, 0.5) is 8.78 Å². The second-order valence-electron chi connectivity index (χ2n) is 4.51. The molecule has 4 heteroatoms.